The monoisotopic (exact) mass is 268 g/mol. The van der Waals surface area contributed by atoms with Crippen LogP contribution in [0, 0.1) is 13.8 Å². The number of nitrogens with zero attached hydrogens (tertiary/aromatic N) is 1. The van der Waals surface area contributed by atoms with Crippen molar-refractivity contribution in [2.24, 2.45) is 0 Å². The number of thiazole rings is 1. The number of hydrogen-bond donors (Lipinski definition) is 1. The van der Waals surface area contributed by atoms with Crippen molar-refractivity contribution >= 4 is 11.3 Å². The quantitative estimate of drug-likeness (QED) is 0.914. The lowest BCUT2D eigenvalue weighted by Gasteiger charge is -2.33. The summed E-state index contributed by atoms with van der Waals surface area (Å²) in [6, 6.07) is 0.465. The fourth-order valence-electron chi connectivity index (χ4n) is 2.60. The van der Waals surface area contributed by atoms with Gasteiger partial charge in [-0.15, -0.1) is 11.3 Å². The van der Waals surface area contributed by atoms with Gasteiger partial charge in [-0.25, -0.2) is 4.98 Å². The van der Waals surface area contributed by atoms with Crippen LogP contribution in [-0.2, 0) is 10.3 Å². The summed E-state index contributed by atoms with van der Waals surface area (Å²) in [5.74, 6) is 0. The van der Waals surface area contributed by atoms with E-state index < -0.39 is 0 Å². The zero-order valence-corrected chi connectivity index (χ0v) is 12.7. The summed E-state index contributed by atoms with van der Waals surface area (Å²) in [4.78, 5) is 6.13. The Morgan fingerprint density at radius 2 is 2.06 bits per heavy atom. The first-order chi connectivity index (χ1) is 8.53. The summed E-state index contributed by atoms with van der Waals surface area (Å²) in [6.07, 6.45) is 3.26. The maximum atomic E-state index is 5.63. The second-order valence-corrected chi connectivity index (χ2v) is 6.71. The summed E-state index contributed by atoms with van der Waals surface area (Å²) >= 11 is 1.84. The van der Waals surface area contributed by atoms with Crippen molar-refractivity contribution in [2.45, 2.75) is 58.5 Å². The van der Waals surface area contributed by atoms with Gasteiger partial charge in [0.05, 0.1) is 11.2 Å². The zero-order valence-electron chi connectivity index (χ0n) is 11.9. The summed E-state index contributed by atoms with van der Waals surface area (Å²) < 4.78 is 5.63. The molecule has 0 radical (unpaired) electrons. The first kappa shape index (κ1) is 14.0. The van der Waals surface area contributed by atoms with Gasteiger partial charge in [-0.3, -0.25) is 0 Å². The van der Waals surface area contributed by atoms with E-state index >= 15 is 0 Å². The first-order valence-electron chi connectivity index (χ1n) is 6.83. The van der Waals surface area contributed by atoms with Crippen LogP contribution in [0.5, 0.6) is 0 Å². The smallest absolute Gasteiger partial charge is 0.113 e. The van der Waals surface area contributed by atoms with Gasteiger partial charge in [-0.05, 0) is 47.0 Å². The molecule has 0 aliphatic carbocycles. The molecule has 1 saturated heterocycles. The third-order valence-corrected chi connectivity index (χ3v) is 4.85. The van der Waals surface area contributed by atoms with Crippen LogP contribution in [0.15, 0.2) is 0 Å². The van der Waals surface area contributed by atoms with Gasteiger partial charge in [0.2, 0.25) is 0 Å². The van der Waals surface area contributed by atoms with Crippen molar-refractivity contribution < 1.29 is 4.74 Å². The van der Waals surface area contributed by atoms with Gasteiger partial charge in [0, 0.05) is 24.1 Å². The average Bonchev–Trinajstić information content (AvgIpc) is 2.53. The zero-order chi connectivity index (χ0) is 13.2. The van der Waals surface area contributed by atoms with E-state index in [9.17, 15) is 0 Å². The number of rotatable bonds is 3. The van der Waals surface area contributed by atoms with Crippen LogP contribution >= 0.6 is 11.3 Å². The van der Waals surface area contributed by atoms with Crippen molar-refractivity contribution in [3.8, 4) is 0 Å². The van der Waals surface area contributed by atoms with Crippen molar-refractivity contribution in [2.75, 3.05) is 13.2 Å². The van der Waals surface area contributed by atoms with Gasteiger partial charge >= 0.3 is 0 Å². The van der Waals surface area contributed by atoms with Crippen LogP contribution in [0.25, 0.3) is 0 Å². The van der Waals surface area contributed by atoms with Gasteiger partial charge in [0.25, 0.3) is 0 Å². The molecule has 0 bridgehead atoms. The molecule has 0 amide bonds. The lowest BCUT2D eigenvalue weighted by atomic mass is 9.90. The summed E-state index contributed by atoms with van der Waals surface area (Å²) in [5, 5.41) is 5.01. The van der Waals surface area contributed by atoms with Gasteiger partial charge < -0.3 is 10.1 Å². The second kappa shape index (κ2) is 5.68. The third kappa shape index (κ3) is 2.92. The summed E-state index contributed by atoms with van der Waals surface area (Å²) in [7, 11) is 0. The topological polar surface area (TPSA) is 34.2 Å². The Kier molecular flexibility index (Phi) is 4.41. The van der Waals surface area contributed by atoms with E-state index in [0.29, 0.717) is 6.04 Å². The van der Waals surface area contributed by atoms with Gasteiger partial charge in [-0.1, -0.05) is 0 Å². The third-order valence-electron chi connectivity index (χ3n) is 3.57. The van der Waals surface area contributed by atoms with E-state index in [2.05, 4.69) is 33.0 Å². The molecule has 1 atom stereocenters. The molecule has 0 spiro atoms. The molecular formula is C14H24N2OS. The number of ether oxygens (including phenoxy) is 1. The predicted molar refractivity (Wildman–Crippen MR) is 76.2 cm³/mol. The molecule has 4 heteroatoms. The Hall–Kier alpha value is -0.450. The molecule has 1 unspecified atom stereocenters. The fourth-order valence-corrected chi connectivity index (χ4v) is 3.72. The predicted octanol–water partition coefficient (Wildman–Crippen LogP) is 3.15. The van der Waals surface area contributed by atoms with Gasteiger partial charge in [-0.2, -0.15) is 0 Å². The molecule has 1 N–H and O–H groups in total. The van der Waals surface area contributed by atoms with E-state index in [-0.39, 0.29) is 5.54 Å². The van der Waals surface area contributed by atoms with Crippen LogP contribution in [-0.4, -0.2) is 24.2 Å². The Bertz CT molecular complexity index is 373. The molecule has 0 aromatic carbocycles. The molecule has 0 saturated carbocycles. The Morgan fingerprint density at radius 1 is 1.28 bits per heavy atom. The Balaban J connectivity index is 2.33. The number of aromatic nitrogens is 1. The molecule has 3 nitrogen and oxygen atoms in total. The normalized spacial score (nSPS) is 25.4. The number of hydrogen-bond acceptors (Lipinski definition) is 4. The van der Waals surface area contributed by atoms with Crippen molar-refractivity contribution in [3.63, 3.8) is 0 Å². The highest BCUT2D eigenvalue weighted by Gasteiger charge is 2.36. The van der Waals surface area contributed by atoms with Crippen molar-refractivity contribution in [3.05, 3.63) is 15.6 Å². The molecular weight excluding hydrogens is 244 g/mol. The van der Waals surface area contributed by atoms with E-state index in [4.69, 9.17) is 9.72 Å². The maximum absolute atomic E-state index is 5.63. The largest absolute Gasteiger partial charge is 0.381 e. The number of nitrogens with one attached hydrogen (secondary N) is 1. The highest BCUT2D eigenvalue weighted by Crippen LogP contribution is 2.36. The van der Waals surface area contributed by atoms with Crippen LogP contribution in [0.1, 0.15) is 48.7 Å². The SMILES string of the molecule is Cc1nc(C2(NC(C)C)CCCOCC2)sc1C. The van der Waals surface area contributed by atoms with E-state index in [1.54, 1.807) is 0 Å². The fraction of sp³-hybridized carbons (Fsp3) is 0.786. The molecule has 18 heavy (non-hydrogen) atoms. The minimum absolute atomic E-state index is 0.0222. The van der Waals surface area contributed by atoms with Crippen LogP contribution in [0.4, 0.5) is 0 Å². The average molecular weight is 268 g/mol. The maximum Gasteiger partial charge on any atom is 0.113 e. The highest BCUT2D eigenvalue weighted by molar-refractivity contribution is 7.11. The molecule has 2 heterocycles. The molecule has 102 valence electrons. The second-order valence-electron chi connectivity index (χ2n) is 5.51. The van der Waals surface area contributed by atoms with Gasteiger partial charge in [0.15, 0.2) is 0 Å². The van der Waals surface area contributed by atoms with Gasteiger partial charge in [0.1, 0.15) is 5.01 Å². The minimum atomic E-state index is 0.0222. The van der Waals surface area contributed by atoms with E-state index in [1.807, 2.05) is 11.3 Å². The lowest BCUT2D eigenvalue weighted by molar-refractivity contribution is 0.135. The van der Waals surface area contributed by atoms with Crippen molar-refractivity contribution in [1.82, 2.24) is 10.3 Å². The van der Waals surface area contributed by atoms with Crippen LogP contribution in [0.2, 0.25) is 0 Å². The molecule has 1 fully saturated rings. The number of aryl methyl sites for hydroxylation is 2. The van der Waals surface area contributed by atoms with E-state index in [0.717, 1.165) is 32.5 Å². The van der Waals surface area contributed by atoms with Crippen LogP contribution in [0.3, 0.4) is 0 Å². The van der Waals surface area contributed by atoms with E-state index in [1.165, 1.54) is 15.6 Å². The summed E-state index contributed by atoms with van der Waals surface area (Å²) in [5.41, 5.74) is 1.19. The summed E-state index contributed by atoms with van der Waals surface area (Å²) in [6.45, 7) is 10.4. The molecule has 2 rings (SSSR count). The minimum Gasteiger partial charge on any atom is -0.381 e. The highest BCUT2D eigenvalue weighted by atomic mass is 32.1. The van der Waals surface area contributed by atoms with Crippen molar-refractivity contribution in [1.29, 1.82) is 0 Å². The Morgan fingerprint density at radius 3 is 2.67 bits per heavy atom. The Labute approximate surface area is 114 Å². The molecule has 1 aliphatic heterocycles. The molecule has 1 aromatic heterocycles. The molecule has 1 aromatic rings. The van der Waals surface area contributed by atoms with Crippen LogP contribution < -0.4 is 5.32 Å². The lowest BCUT2D eigenvalue weighted by Crippen LogP contribution is -2.46. The standard InChI is InChI=1S/C14H24N2OS/c1-10(2)16-14(6-5-8-17-9-7-14)13-15-11(3)12(4)18-13/h10,16H,5-9H2,1-4H3. The first-order valence-corrected chi connectivity index (χ1v) is 7.65. The molecule has 1 aliphatic rings.